The first kappa shape index (κ1) is 16.4. The number of alkyl halides is 3. The lowest BCUT2D eigenvalue weighted by atomic mass is 10.2. The summed E-state index contributed by atoms with van der Waals surface area (Å²) in [6.07, 6.45) is -4.70. The first-order valence-corrected chi connectivity index (χ1v) is 8.19. The predicted molar refractivity (Wildman–Crippen MR) is 81.3 cm³/mol. The van der Waals surface area contributed by atoms with Crippen molar-refractivity contribution < 1.29 is 21.9 Å². The SMILES string of the molecule is O=S(Cc1ccccc1)c1cccc(-c2noc(C(F)(F)F)n2)c1. The summed E-state index contributed by atoms with van der Waals surface area (Å²) in [6.45, 7) is 0. The van der Waals surface area contributed by atoms with Crippen LogP contribution in [0, 0.1) is 0 Å². The fourth-order valence-corrected chi connectivity index (χ4v) is 3.19. The van der Waals surface area contributed by atoms with E-state index in [1.165, 1.54) is 12.1 Å². The van der Waals surface area contributed by atoms with Gasteiger partial charge < -0.3 is 4.52 Å². The molecule has 3 rings (SSSR count). The highest BCUT2D eigenvalue weighted by atomic mass is 32.2. The van der Waals surface area contributed by atoms with Crippen LogP contribution in [0.5, 0.6) is 0 Å². The number of hydrogen-bond donors (Lipinski definition) is 0. The molecule has 0 saturated carbocycles. The van der Waals surface area contributed by atoms with E-state index in [1.807, 2.05) is 30.3 Å². The smallest absolute Gasteiger partial charge is 0.329 e. The third kappa shape index (κ3) is 3.70. The summed E-state index contributed by atoms with van der Waals surface area (Å²) in [4.78, 5) is 3.82. The van der Waals surface area contributed by atoms with E-state index in [1.54, 1.807) is 12.1 Å². The van der Waals surface area contributed by atoms with E-state index in [0.717, 1.165) is 5.56 Å². The van der Waals surface area contributed by atoms with Gasteiger partial charge in [0, 0.05) is 10.5 Å². The minimum atomic E-state index is -4.70. The number of nitrogens with zero attached hydrogens (tertiary/aromatic N) is 2. The van der Waals surface area contributed by atoms with Crippen LogP contribution in [-0.4, -0.2) is 14.3 Å². The van der Waals surface area contributed by atoms with Crippen molar-refractivity contribution in [2.24, 2.45) is 0 Å². The highest BCUT2D eigenvalue weighted by Gasteiger charge is 2.38. The fourth-order valence-electron chi connectivity index (χ4n) is 2.04. The van der Waals surface area contributed by atoms with Crippen LogP contribution in [0.25, 0.3) is 11.4 Å². The van der Waals surface area contributed by atoms with Crippen LogP contribution in [0.4, 0.5) is 13.2 Å². The highest BCUT2D eigenvalue weighted by molar-refractivity contribution is 7.84. The molecule has 0 aliphatic carbocycles. The van der Waals surface area contributed by atoms with E-state index in [2.05, 4.69) is 14.7 Å². The molecule has 1 aromatic heterocycles. The van der Waals surface area contributed by atoms with Crippen molar-refractivity contribution in [3.05, 3.63) is 66.1 Å². The molecule has 1 unspecified atom stereocenters. The minimum absolute atomic E-state index is 0.194. The van der Waals surface area contributed by atoms with Gasteiger partial charge in [0.25, 0.3) is 0 Å². The Morgan fingerprint density at radius 2 is 1.79 bits per heavy atom. The van der Waals surface area contributed by atoms with Crippen molar-refractivity contribution in [2.75, 3.05) is 0 Å². The fraction of sp³-hybridized carbons (Fsp3) is 0.125. The van der Waals surface area contributed by atoms with Gasteiger partial charge >= 0.3 is 12.1 Å². The van der Waals surface area contributed by atoms with Gasteiger partial charge in [-0.3, -0.25) is 4.21 Å². The van der Waals surface area contributed by atoms with E-state index in [4.69, 9.17) is 0 Å². The lowest BCUT2D eigenvalue weighted by Gasteiger charge is -2.04. The van der Waals surface area contributed by atoms with Crippen molar-refractivity contribution in [3.8, 4) is 11.4 Å². The van der Waals surface area contributed by atoms with Gasteiger partial charge in [0.2, 0.25) is 5.82 Å². The summed E-state index contributed by atoms with van der Waals surface area (Å²) < 4.78 is 54.2. The van der Waals surface area contributed by atoms with Gasteiger partial charge in [-0.15, -0.1) is 0 Å². The first-order chi connectivity index (χ1) is 11.4. The van der Waals surface area contributed by atoms with E-state index < -0.39 is 22.9 Å². The number of rotatable bonds is 4. The molecule has 2 aromatic carbocycles. The lowest BCUT2D eigenvalue weighted by Crippen LogP contribution is -2.04. The van der Waals surface area contributed by atoms with Gasteiger partial charge in [0.15, 0.2) is 0 Å². The van der Waals surface area contributed by atoms with Crippen LogP contribution in [-0.2, 0) is 22.7 Å². The molecule has 4 nitrogen and oxygen atoms in total. The molecule has 0 aliphatic heterocycles. The van der Waals surface area contributed by atoms with Gasteiger partial charge in [-0.2, -0.15) is 18.2 Å². The number of aromatic nitrogens is 2. The molecule has 0 radical (unpaired) electrons. The van der Waals surface area contributed by atoms with Crippen molar-refractivity contribution >= 4 is 10.8 Å². The van der Waals surface area contributed by atoms with E-state index in [-0.39, 0.29) is 5.82 Å². The number of hydrogen-bond acceptors (Lipinski definition) is 4. The zero-order chi connectivity index (χ0) is 17.2. The Labute approximate surface area is 137 Å². The molecule has 0 spiro atoms. The Hall–Kier alpha value is -2.48. The third-order valence-electron chi connectivity index (χ3n) is 3.16. The molecule has 0 fully saturated rings. The molecule has 0 amide bonds. The van der Waals surface area contributed by atoms with E-state index in [0.29, 0.717) is 16.2 Å². The Morgan fingerprint density at radius 1 is 1.04 bits per heavy atom. The molecule has 1 atom stereocenters. The molecule has 0 bridgehead atoms. The minimum Gasteiger partial charge on any atom is -0.329 e. The van der Waals surface area contributed by atoms with Crippen molar-refractivity contribution in [3.63, 3.8) is 0 Å². The van der Waals surface area contributed by atoms with Crippen LogP contribution in [0.15, 0.2) is 64.0 Å². The van der Waals surface area contributed by atoms with Gasteiger partial charge in [-0.05, 0) is 17.7 Å². The second kappa shape index (κ2) is 6.56. The van der Waals surface area contributed by atoms with E-state index >= 15 is 0 Å². The molecule has 124 valence electrons. The molecule has 0 aliphatic rings. The zero-order valence-corrected chi connectivity index (χ0v) is 13.0. The van der Waals surface area contributed by atoms with Gasteiger partial charge in [-0.1, -0.05) is 47.6 Å². The largest absolute Gasteiger partial charge is 0.471 e. The summed E-state index contributed by atoms with van der Waals surface area (Å²) in [5.74, 6) is -1.29. The topological polar surface area (TPSA) is 56.0 Å². The summed E-state index contributed by atoms with van der Waals surface area (Å²) in [5.41, 5.74) is 1.22. The molecule has 1 heterocycles. The van der Waals surface area contributed by atoms with Crippen molar-refractivity contribution in [1.29, 1.82) is 0 Å². The summed E-state index contributed by atoms with van der Waals surface area (Å²) in [7, 11) is -1.34. The Balaban J connectivity index is 1.84. The second-order valence-electron chi connectivity index (χ2n) is 4.92. The molecule has 3 aromatic rings. The average Bonchev–Trinajstić information content (AvgIpc) is 3.06. The monoisotopic (exact) mass is 352 g/mol. The van der Waals surface area contributed by atoms with Crippen molar-refractivity contribution in [2.45, 2.75) is 16.8 Å². The lowest BCUT2D eigenvalue weighted by molar-refractivity contribution is -0.159. The number of benzene rings is 2. The highest BCUT2D eigenvalue weighted by Crippen LogP contribution is 2.29. The van der Waals surface area contributed by atoms with Crippen LogP contribution < -0.4 is 0 Å². The van der Waals surface area contributed by atoms with Crippen LogP contribution in [0.1, 0.15) is 11.5 Å². The Kier molecular flexibility index (Phi) is 4.48. The zero-order valence-electron chi connectivity index (χ0n) is 12.2. The van der Waals surface area contributed by atoms with Crippen molar-refractivity contribution in [1.82, 2.24) is 10.1 Å². The molecule has 8 heteroatoms. The predicted octanol–water partition coefficient (Wildman–Crippen LogP) is 4.06. The summed E-state index contributed by atoms with van der Waals surface area (Å²) in [6, 6.07) is 15.6. The molecular formula is C16H11F3N2O2S. The average molecular weight is 352 g/mol. The van der Waals surface area contributed by atoms with Crippen LogP contribution in [0.2, 0.25) is 0 Å². The van der Waals surface area contributed by atoms with Gasteiger partial charge in [0.05, 0.1) is 16.6 Å². The standard InChI is InChI=1S/C16H11F3N2O2S/c17-16(18,19)15-20-14(21-23-15)12-7-4-8-13(9-12)24(22)10-11-5-2-1-3-6-11/h1-9H,10H2. The normalized spacial score (nSPS) is 13.0. The Morgan fingerprint density at radius 3 is 2.46 bits per heavy atom. The summed E-state index contributed by atoms with van der Waals surface area (Å²) in [5, 5.41) is 3.33. The maximum Gasteiger partial charge on any atom is 0.471 e. The summed E-state index contributed by atoms with van der Waals surface area (Å²) >= 11 is 0. The third-order valence-corrected chi connectivity index (χ3v) is 4.54. The maximum atomic E-state index is 12.5. The molecule has 24 heavy (non-hydrogen) atoms. The van der Waals surface area contributed by atoms with Crippen LogP contribution in [0.3, 0.4) is 0 Å². The van der Waals surface area contributed by atoms with Crippen LogP contribution >= 0.6 is 0 Å². The maximum absolute atomic E-state index is 12.5. The number of halogens is 3. The molecule has 0 saturated heterocycles. The Bertz CT molecular complexity index is 863. The first-order valence-electron chi connectivity index (χ1n) is 6.87. The van der Waals surface area contributed by atoms with Gasteiger partial charge in [0.1, 0.15) is 0 Å². The molecular weight excluding hydrogens is 341 g/mol. The quantitative estimate of drug-likeness (QED) is 0.710. The second-order valence-corrected chi connectivity index (χ2v) is 6.38. The van der Waals surface area contributed by atoms with E-state index in [9.17, 15) is 17.4 Å². The van der Waals surface area contributed by atoms with Gasteiger partial charge in [-0.25, -0.2) is 0 Å². The molecule has 0 N–H and O–H groups in total.